The lowest BCUT2D eigenvalue weighted by atomic mass is 10.1. The highest BCUT2D eigenvalue weighted by Gasteiger charge is 2.13. The summed E-state index contributed by atoms with van der Waals surface area (Å²) in [4.78, 5) is 17.2. The molecule has 7 nitrogen and oxygen atoms in total. The number of amides is 1. The molecule has 7 heteroatoms. The number of imidazole rings is 1. The molecule has 0 unspecified atom stereocenters. The number of nitrogens with zero attached hydrogens (tertiary/aromatic N) is 4. The van der Waals surface area contributed by atoms with E-state index in [1.54, 1.807) is 24.5 Å². The van der Waals surface area contributed by atoms with Crippen molar-refractivity contribution in [3.8, 4) is 22.7 Å². The van der Waals surface area contributed by atoms with E-state index in [1.165, 1.54) is 0 Å². The number of carbonyl (C=O) groups excluding carboxylic acids is 1. The number of pyridine rings is 1. The van der Waals surface area contributed by atoms with E-state index in [1.807, 2.05) is 72.4 Å². The van der Waals surface area contributed by atoms with Crippen LogP contribution >= 0.6 is 0 Å². The third-order valence-electron chi connectivity index (χ3n) is 5.68. The normalized spacial score (nSPS) is 11.2. The molecule has 2 aromatic carbocycles. The van der Waals surface area contributed by atoms with Crippen molar-refractivity contribution < 1.29 is 9.53 Å². The number of fused-ring (bicyclic) bond motifs is 1. The molecule has 0 saturated carbocycles. The Balaban J connectivity index is 1.41. The molecule has 1 amide bonds. The Morgan fingerprint density at radius 3 is 2.74 bits per heavy atom. The van der Waals surface area contributed by atoms with E-state index in [0.717, 1.165) is 28.2 Å². The summed E-state index contributed by atoms with van der Waals surface area (Å²) in [6.07, 6.45) is 7.44. The maximum absolute atomic E-state index is 13.0. The Bertz CT molecular complexity index is 1480. The second kappa shape index (κ2) is 9.46. The topological polar surface area (TPSA) is 73.5 Å². The summed E-state index contributed by atoms with van der Waals surface area (Å²) in [5.74, 6) is 0.918. The Kier molecular flexibility index (Phi) is 6.06. The summed E-state index contributed by atoms with van der Waals surface area (Å²) in [5.41, 5.74) is 6.03. The maximum Gasteiger partial charge on any atom is 0.255 e. The Morgan fingerprint density at radius 2 is 1.94 bits per heavy atom. The second-order valence-corrected chi connectivity index (χ2v) is 8.93. The minimum absolute atomic E-state index is 0.185. The molecule has 0 atom stereocenters. The van der Waals surface area contributed by atoms with Gasteiger partial charge in [-0.05, 0) is 60.9 Å². The van der Waals surface area contributed by atoms with Gasteiger partial charge in [0.05, 0.1) is 18.0 Å². The van der Waals surface area contributed by atoms with Gasteiger partial charge in [-0.1, -0.05) is 26.0 Å². The molecule has 0 saturated heterocycles. The third-order valence-corrected chi connectivity index (χ3v) is 5.68. The Hall–Kier alpha value is -4.39. The zero-order valence-electron chi connectivity index (χ0n) is 20.0. The standard InChI is InChI=1S/C28H27N5O2/c1-19(2)18-35-24-8-4-6-21(14-24)28(34)30-23-10-9-20(3)26(15-23)32-12-13-33-27(32)16-25(31-33)22-7-5-11-29-17-22/h4-17,19H,18H2,1-3H3,(H,30,34). The zero-order valence-corrected chi connectivity index (χ0v) is 20.0. The molecule has 0 aliphatic carbocycles. The summed E-state index contributed by atoms with van der Waals surface area (Å²) < 4.78 is 9.68. The number of nitrogens with one attached hydrogen (secondary N) is 1. The van der Waals surface area contributed by atoms with Crippen LogP contribution in [0.15, 0.2) is 85.5 Å². The molecule has 0 aliphatic rings. The van der Waals surface area contributed by atoms with Crippen LogP contribution in [0.1, 0.15) is 29.8 Å². The zero-order chi connectivity index (χ0) is 24.4. The van der Waals surface area contributed by atoms with Gasteiger partial charge in [0.2, 0.25) is 0 Å². The van der Waals surface area contributed by atoms with Gasteiger partial charge in [0, 0.05) is 47.7 Å². The first-order chi connectivity index (χ1) is 17.0. The average Bonchev–Trinajstić information content (AvgIpc) is 3.46. The Morgan fingerprint density at radius 1 is 1.06 bits per heavy atom. The fourth-order valence-electron chi connectivity index (χ4n) is 3.88. The van der Waals surface area contributed by atoms with Crippen molar-refractivity contribution in [3.63, 3.8) is 0 Å². The van der Waals surface area contributed by atoms with Crippen molar-refractivity contribution >= 4 is 17.2 Å². The molecule has 5 rings (SSSR count). The predicted molar refractivity (Wildman–Crippen MR) is 137 cm³/mol. The van der Waals surface area contributed by atoms with Gasteiger partial charge < -0.3 is 10.1 Å². The summed E-state index contributed by atoms with van der Waals surface area (Å²) in [6, 6.07) is 19.1. The van der Waals surface area contributed by atoms with Crippen molar-refractivity contribution in [2.24, 2.45) is 5.92 Å². The number of aromatic nitrogens is 4. The van der Waals surface area contributed by atoms with Crippen LogP contribution in [0.25, 0.3) is 22.6 Å². The molecule has 0 spiro atoms. The molecule has 1 N–H and O–H groups in total. The van der Waals surface area contributed by atoms with E-state index >= 15 is 0 Å². The van der Waals surface area contributed by atoms with Crippen molar-refractivity contribution in [2.75, 3.05) is 11.9 Å². The number of hydrogen-bond acceptors (Lipinski definition) is 4. The highest BCUT2D eigenvalue weighted by atomic mass is 16.5. The average molecular weight is 466 g/mol. The van der Waals surface area contributed by atoms with Crippen molar-refractivity contribution in [2.45, 2.75) is 20.8 Å². The third kappa shape index (κ3) is 4.80. The van der Waals surface area contributed by atoms with Crippen LogP contribution in [-0.4, -0.2) is 31.7 Å². The number of anilines is 1. The van der Waals surface area contributed by atoms with Crippen LogP contribution in [0.4, 0.5) is 5.69 Å². The lowest BCUT2D eigenvalue weighted by molar-refractivity contribution is 0.102. The van der Waals surface area contributed by atoms with Crippen LogP contribution in [0.5, 0.6) is 5.75 Å². The highest BCUT2D eigenvalue weighted by molar-refractivity contribution is 6.04. The molecular formula is C28H27N5O2. The molecule has 0 radical (unpaired) electrons. The Labute approximate surface area is 204 Å². The lowest BCUT2D eigenvalue weighted by Gasteiger charge is -2.13. The first-order valence-electron chi connectivity index (χ1n) is 11.6. The first kappa shape index (κ1) is 22.4. The van der Waals surface area contributed by atoms with Crippen LogP contribution in [0.3, 0.4) is 0 Å². The predicted octanol–water partition coefficient (Wildman–Crippen LogP) is 5.78. The van der Waals surface area contributed by atoms with Gasteiger partial charge in [-0.3, -0.25) is 14.3 Å². The van der Waals surface area contributed by atoms with Gasteiger partial charge in [0.25, 0.3) is 5.91 Å². The SMILES string of the molecule is Cc1ccc(NC(=O)c2cccc(OCC(C)C)c2)cc1-n1ccn2nc(-c3cccnc3)cc12. The summed E-state index contributed by atoms with van der Waals surface area (Å²) in [7, 11) is 0. The van der Waals surface area contributed by atoms with Crippen LogP contribution in [0, 0.1) is 12.8 Å². The molecule has 3 aromatic heterocycles. The van der Waals surface area contributed by atoms with Crippen LogP contribution in [-0.2, 0) is 0 Å². The maximum atomic E-state index is 13.0. The van der Waals surface area contributed by atoms with E-state index in [2.05, 4.69) is 33.8 Å². The number of benzene rings is 2. The molecule has 0 fully saturated rings. The van der Waals surface area contributed by atoms with Crippen molar-refractivity contribution in [1.29, 1.82) is 0 Å². The summed E-state index contributed by atoms with van der Waals surface area (Å²) in [6.45, 7) is 6.84. The number of hydrogen-bond donors (Lipinski definition) is 1. The fraction of sp³-hybridized carbons (Fsp3) is 0.179. The number of carbonyl (C=O) groups is 1. The molecule has 5 aromatic rings. The molecular weight excluding hydrogens is 438 g/mol. The van der Waals surface area contributed by atoms with Gasteiger partial charge in [-0.2, -0.15) is 5.10 Å². The van der Waals surface area contributed by atoms with Gasteiger partial charge in [0.1, 0.15) is 11.4 Å². The number of ether oxygens (including phenoxy) is 1. The molecule has 0 bridgehead atoms. The minimum atomic E-state index is -0.185. The van der Waals surface area contributed by atoms with E-state index in [4.69, 9.17) is 4.74 Å². The van der Waals surface area contributed by atoms with Gasteiger partial charge in [-0.15, -0.1) is 0 Å². The fourth-order valence-corrected chi connectivity index (χ4v) is 3.88. The number of rotatable bonds is 7. The van der Waals surface area contributed by atoms with E-state index in [9.17, 15) is 4.79 Å². The largest absolute Gasteiger partial charge is 0.493 e. The number of aryl methyl sites for hydroxylation is 1. The van der Waals surface area contributed by atoms with E-state index < -0.39 is 0 Å². The molecule has 3 heterocycles. The van der Waals surface area contributed by atoms with Crippen molar-refractivity contribution in [1.82, 2.24) is 19.2 Å². The quantitative estimate of drug-likeness (QED) is 0.331. The van der Waals surface area contributed by atoms with E-state index in [0.29, 0.717) is 29.5 Å². The van der Waals surface area contributed by atoms with E-state index in [-0.39, 0.29) is 5.91 Å². The summed E-state index contributed by atoms with van der Waals surface area (Å²) >= 11 is 0. The molecule has 176 valence electrons. The lowest BCUT2D eigenvalue weighted by Crippen LogP contribution is -2.13. The molecule has 0 aliphatic heterocycles. The van der Waals surface area contributed by atoms with Gasteiger partial charge >= 0.3 is 0 Å². The minimum Gasteiger partial charge on any atom is -0.493 e. The highest BCUT2D eigenvalue weighted by Crippen LogP contribution is 2.26. The van der Waals surface area contributed by atoms with Gasteiger partial charge in [-0.25, -0.2) is 4.52 Å². The van der Waals surface area contributed by atoms with Gasteiger partial charge in [0.15, 0.2) is 0 Å². The van der Waals surface area contributed by atoms with Crippen LogP contribution < -0.4 is 10.1 Å². The second-order valence-electron chi connectivity index (χ2n) is 8.93. The van der Waals surface area contributed by atoms with Crippen molar-refractivity contribution in [3.05, 3.63) is 96.6 Å². The summed E-state index contributed by atoms with van der Waals surface area (Å²) in [5, 5.41) is 7.70. The van der Waals surface area contributed by atoms with Crippen LogP contribution in [0.2, 0.25) is 0 Å². The molecule has 35 heavy (non-hydrogen) atoms. The first-order valence-corrected chi connectivity index (χ1v) is 11.6. The monoisotopic (exact) mass is 465 g/mol. The smallest absolute Gasteiger partial charge is 0.255 e.